The molecule has 2 aromatic heterocycles. The quantitative estimate of drug-likeness (QED) is 0.361. The Hall–Kier alpha value is -3.58. The third-order valence-electron chi connectivity index (χ3n) is 4.64. The van der Waals surface area contributed by atoms with Crippen LogP contribution in [0.5, 0.6) is 0 Å². The zero-order valence-electron chi connectivity index (χ0n) is 16.2. The lowest BCUT2D eigenvalue weighted by Crippen LogP contribution is -2.16. The Labute approximate surface area is 179 Å². The average molecular weight is 421 g/mol. The smallest absolute Gasteiger partial charge is 0.257 e. The number of rotatable bonds is 8. The molecule has 7 nitrogen and oxygen atoms in total. The molecule has 0 aliphatic heterocycles. The van der Waals surface area contributed by atoms with Crippen LogP contribution in [0.25, 0.3) is 11.1 Å². The summed E-state index contributed by atoms with van der Waals surface area (Å²) in [6.45, 7) is 1.49. The standard InChI is InChI=1S/C22H21ClN6O/c23-18-5-8-20(21(13-18)24-9-1-11-29-12-2-10-27-29)22(30)28-19-6-3-16(4-7-19)17-14-25-26-15-17/h2-8,10,12-15,24H,1,9,11H2,(H,25,26)(H,28,30). The first kappa shape index (κ1) is 19.7. The molecule has 0 fully saturated rings. The fraction of sp³-hybridized carbons (Fsp3) is 0.136. The van der Waals surface area contributed by atoms with Crippen LogP contribution in [0.4, 0.5) is 11.4 Å². The Bertz CT molecular complexity index is 1090. The van der Waals surface area contributed by atoms with E-state index in [4.69, 9.17) is 11.6 Å². The molecule has 4 rings (SSSR count). The van der Waals surface area contributed by atoms with Crippen molar-refractivity contribution < 1.29 is 4.79 Å². The highest BCUT2D eigenvalue weighted by atomic mass is 35.5. The molecule has 30 heavy (non-hydrogen) atoms. The molecule has 2 heterocycles. The molecular weight excluding hydrogens is 400 g/mol. The lowest BCUT2D eigenvalue weighted by Gasteiger charge is -2.13. The molecule has 2 aromatic carbocycles. The van der Waals surface area contributed by atoms with E-state index in [0.717, 1.165) is 24.1 Å². The van der Waals surface area contributed by atoms with Crippen LogP contribution >= 0.6 is 11.6 Å². The van der Waals surface area contributed by atoms with E-state index in [-0.39, 0.29) is 5.91 Å². The molecule has 0 spiro atoms. The summed E-state index contributed by atoms with van der Waals surface area (Å²) >= 11 is 6.15. The van der Waals surface area contributed by atoms with E-state index in [1.807, 2.05) is 47.4 Å². The highest BCUT2D eigenvalue weighted by Gasteiger charge is 2.12. The molecule has 0 aliphatic carbocycles. The fourth-order valence-corrected chi connectivity index (χ4v) is 3.28. The monoisotopic (exact) mass is 420 g/mol. The van der Waals surface area contributed by atoms with Crippen molar-refractivity contribution in [3.05, 3.63) is 83.9 Å². The Morgan fingerprint density at radius 1 is 1.13 bits per heavy atom. The number of hydrogen-bond acceptors (Lipinski definition) is 4. The number of carbonyl (C=O) groups is 1. The van der Waals surface area contributed by atoms with Crippen molar-refractivity contribution in [3.8, 4) is 11.1 Å². The molecular formula is C22H21ClN6O. The summed E-state index contributed by atoms with van der Waals surface area (Å²) in [4.78, 5) is 12.9. The van der Waals surface area contributed by atoms with Gasteiger partial charge in [-0.25, -0.2) is 0 Å². The Morgan fingerprint density at radius 3 is 2.73 bits per heavy atom. The van der Waals surface area contributed by atoms with Gasteiger partial charge in [-0.15, -0.1) is 0 Å². The largest absolute Gasteiger partial charge is 0.384 e. The van der Waals surface area contributed by atoms with Crippen molar-refractivity contribution in [1.29, 1.82) is 0 Å². The number of H-pyrrole nitrogens is 1. The normalized spacial score (nSPS) is 10.7. The lowest BCUT2D eigenvalue weighted by atomic mass is 10.1. The predicted octanol–water partition coefficient (Wildman–Crippen LogP) is 4.68. The zero-order chi connectivity index (χ0) is 20.8. The number of nitrogens with zero attached hydrogens (tertiary/aromatic N) is 3. The molecule has 4 aromatic rings. The maximum Gasteiger partial charge on any atom is 0.257 e. The highest BCUT2D eigenvalue weighted by molar-refractivity contribution is 6.31. The van der Waals surface area contributed by atoms with Crippen molar-refractivity contribution in [3.63, 3.8) is 0 Å². The van der Waals surface area contributed by atoms with Crippen LogP contribution in [0.2, 0.25) is 5.02 Å². The fourth-order valence-electron chi connectivity index (χ4n) is 3.11. The third-order valence-corrected chi connectivity index (χ3v) is 4.87. The van der Waals surface area contributed by atoms with Crippen LogP contribution in [0.15, 0.2) is 73.3 Å². The second kappa shape index (κ2) is 9.28. The summed E-state index contributed by atoms with van der Waals surface area (Å²) in [6.07, 6.45) is 8.13. The van der Waals surface area contributed by atoms with Crippen molar-refractivity contribution in [1.82, 2.24) is 20.0 Å². The van der Waals surface area contributed by atoms with Gasteiger partial charge in [-0.1, -0.05) is 23.7 Å². The molecule has 0 bridgehead atoms. The first-order valence-corrected chi connectivity index (χ1v) is 9.98. The molecule has 152 valence electrons. The first-order chi connectivity index (χ1) is 14.7. The van der Waals surface area contributed by atoms with Crippen molar-refractivity contribution in [2.24, 2.45) is 0 Å². The summed E-state index contributed by atoms with van der Waals surface area (Å²) in [5.41, 5.74) is 3.97. The third kappa shape index (κ3) is 4.87. The predicted molar refractivity (Wildman–Crippen MR) is 119 cm³/mol. The number of carbonyl (C=O) groups excluding carboxylic acids is 1. The van der Waals surface area contributed by atoms with Crippen molar-refractivity contribution in [2.75, 3.05) is 17.2 Å². The maximum atomic E-state index is 12.9. The number of aromatic nitrogens is 4. The van der Waals surface area contributed by atoms with E-state index in [1.165, 1.54) is 0 Å². The van der Waals surface area contributed by atoms with Gasteiger partial charge in [0.1, 0.15) is 0 Å². The van der Waals surface area contributed by atoms with E-state index in [2.05, 4.69) is 25.9 Å². The number of amides is 1. The summed E-state index contributed by atoms with van der Waals surface area (Å²) in [5.74, 6) is -0.197. The van der Waals surface area contributed by atoms with Gasteiger partial charge in [-0.05, 0) is 48.4 Å². The van der Waals surface area contributed by atoms with Gasteiger partial charge in [-0.2, -0.15) is 10.2 Å². The van der Waals surface area contributed by atoms with Gasteiger partial charge < -0.3 is 10.6 Å². The number of benzene rings is 2. The van der Waals surface area contributed by atoms with Crippen LogP contribution in [0, 0.1) is 0 Å². The molecule has 0 saturated heterocycles. The van der Waals surface area contributed by atoms with Crippen LogP contribution in [-0.4, -0.2) is 32.4 Å². The minimum absolute atomic E-state index is 0.197. The number of hydrogen-bond donors (Lipinski definition) is 3. The molecule has 0 aliphatic rings. The van der Waals surface area contributed by atoms with Gasteiger partial charge in [0.2, 0.25) is 0 Å². The van der Waals surface area contributed by atoms with Gasteiger partial charge in [0, 0.05) is 53.6 Å². The topological polar surface area (TPSA) is 87.6 Å². The van der Waals surface area contributed by atoms with Gasteiger partial charge in [-0.3, -0.25) is 14.6 Å². The van der Waals surface area contributed by atoms with Gasteiger partial charge in [0.05, 0.1) is 11.8 Å². The second-order valence-corrected chi connectivity index (χ2v) is 7.19. The Kier molecular flexibility index (Phi) is 6.10. The highest BCUT2D eigenvalue weighted by Crippen LogP contribution is 2.24. The van der Waals surface area contributed by atoms with Crippen molar-refractivity contribution >= 4 is 28.9 Å². The molecule has 8 heteroatoms. The number of nitrogens with one attached hydrogen (secondary N) is 3. The van der Waals surface area contributed by atoms with E-state index in [1.54, 1.807) is 30.6 Å². The molecule has 3 N–H and O–H groups in total. The van der Waals surface area contributed by atoms with Crippen LogP contribution in [0.1, 0.15) is 16.8 Å². The molecule has 0 atom stereocenters. The molecule has 0 radical (unpaired) electrons. The van der Waals surface area contributed by atoms with Crippen molar-refractivity contribution in [2.45, 2.75) is 13.0 Å². The Balaban J connectivity index is 1.40. The first-order valence-electron chi connectivity index (χ1n) is 9.60. The van der Waals surface area contributed by atoms with Crippen LogP contribution < -0.4 is 10.6 Å². The van der Waals surface area contributed by atoms with Crippen LogP contribution in [0.3, 0.4) is 0 Å². The SMILES string of the molecule is O=C(Nc1ccc(-c2cn[nH]c2)cc1)c1ccc(Cl)cc1NCCCn1cccn1. The minimum atomic E-state index is -0.197. The second-order valence-electron chi connectivity index (χ2n) is 6.76. The number of anilines is 2. The number of aryl methyl sites for hydroxylation is 1. The van der Waals surface area contributed by atoms with E-state index in [0.29, 0.717) is 28.5 Å². The van der Waals surface area contributed by atoms with E-state index >= 15 is 0 Å². The summed E-state index contributed by atoms with van der Waals surface area (Å²) in [5, 5.41) is 17.8. The molecule has 0 unspecified atom stereocenters. The summed E-state index contributed by atoms with van der Waals surface area (Å²) < 4.78 is 1.88. The lowest BCUT2D eigenvalue weighted by molar-refractivity contribution is 0.102. The van der Waals surface area contributed by atoms with Gasteiger partial charge >= 0.3 is 0 Å². The zero-order valence-corrected chi connectivity index (χ0v) is 16.9. The average Bonchev–Trinajstić information content (AvgIpc) is 3.46. The summed E-state index contributed by atoms with van der Waals surface area (Å²) in [6, 6.07) is 14.7. The Morgan fingerprint density at radius 2 is 2.00 bits per heavy atom. The summed E-state index contributed by atoms with van der Waals surface area (Å²) in [7, 11) is 0. The molecule has 0 saturated carbocycles. The van der Waals surface area contributed by atoms with Crippen LogP contribution in [-0.2, 0) is 6.54 Å². The maximum absolute atomic E-state index is 12.9. The van der Waals surface area contributed by atoms with E-state index < -0.39 is 0 Å². The molecule has 1 amide bonds. The number of aromatic amines is 1. The van der Waals surface area contributed by atoms with Gasteiger partial charge in [0.15, 0.2) is 0 Å². The van der Waals surface area contributed by atoms with E-state index in [9.17, 15) is 4.79 Å². The number of halogens is 1. The van der Waals surface area contributed by atoms with Gasteiger partial charge in [0.25, 0.3) is 5.91 Å². The minimum Gasteiger partial charge on any atom is -0.384 e.